The van der Waals surface area contributed by atoms with Crippen molar-refractivity contribution in [3.05, 3.63) is 0 Å². The van der Waals surface area contributed by atoms with Crippen LogP contribution in [0, 0.1) is 0 Å². The number of carbonyl (C=O) groups excluding carboxylic acids is 1. The summed E-state index contributed by atoms with van der Waals surface area (Å²) in [5, 5.41) is 9.57. The smallest absolute Gasteiger partial charge is 0.409 e. The summed E-state index contributed by atoms with van der Waals surface area (Å²) in [7, 11) is 1.37. The highest BCUT2D eigenvalue weighted by Crippen LogP contribution is 2.21. The van der Waals surface area contributed by atoms with E-state index in [9.17, 15) is 9.90 Å². The molecule has 0 bridgehead atoms. The quantitative estimate of drug-likeness (QED) is 0.583. The lowest BCUT2D eigenvalue weighted by molar-refractivity contribution is -0.00341. The van der Waals surface area contributed by atoms with Gasteiger partial charge in [-0.3, -0.25) is 0 Å². The van der Waals surface area contributed by atoms with Crippen LogP contribution < -0.4 is 0 Å². The fourth-order valence-electron chi connectivity index (χ4n) is 1.30. The molecule has 0 aliphatic carbocycles. The molecule has 1 N–H and O–H groups in total. The Labute approximate surface area is 72.1 Å². The fraction of sp³-hybridized carbons (Fsp3) is 0.875. The summed E-state index contributed by atoms with van der Waals surface area (Å²) in [6, 6.07) is 0. The molecule has 1 aliphatic heterocycles. The third kappa shape index (κ3) is 2.11. The summed E-state index contributed by atoms with van der Waals surface area (Å²) < 4.78 is 4.56. The molecule has 1 saturated heterocycles. The number of rotatable bonds is 0. The van der Waals surface area contributed by atoms with Crippen LogP contribution in [0.3, 0.4) is 0 Å². The lowest BCUT2D eigenvalue weighted by Gasteiger charge is -2.34. The Kier molecular flexibility index (Phi) is 2.57. The van der Waals surface area contributed by atoms with E-state index >= 15 is 0 Å². The van der Waals surface area contributed by atoms with Gasteiger partial charge in [-0.2, -0.15) is 0 Å². The molecule has 1 amide bonds. The molecule has 1 heterocycles. The van der Waals surface area contributed by atoms with Crippen molar-refractivity contribution >= 4 is 6.09 Å². The van der Waals surface area contributed by atoms with Crippen LogP contribution in [-0.2, 0) is 4.74 Å². The lowest BCUT2D eigenvalue weighted by atomic mass is 9.94. The number of hydrogen-bond acceptors (Lipinski definition) is 3. The maximum Gasteiger partial charge on any atom is 0.409 e. The average molecular weight is 173 g/mol. The second-order valence-corrected chi connectivity index (χ2v) is 3.45. The first-order valence-electron chi connectivity index (χ1n) is 4.10. The van der Waals surface area contributed by atoms with E-state index in [4.69, 9.17) is 0 Å². The molecule has 0 saturated carbocycles. The SMILES string of the molecule is COC(=O)N1CCC(C)(O)CC1. The normalized spacial score (nSPS) is 22.1. The zero-order valence-corrected chi connectivity index (χ0v) is 7.54. The average Bonchev–Trinajstić information content (AvgIpc) is 2.03. The number of aliphatic hydroxyl groups is 1. The molecule has 0 spiro atoms. The van der Waals surface area contributed by atoms with Crippen LogP contribution >= 0.6 is 0 Å². The minimum atomic E-state index is -0.607. The second-order valence-electron chi connectivity index (χ2n) is 3.45. The molecule has 0 radical (unpaired) electrons. The van der Waals surface area contributed by atoms with Gasteiger partial charge < -0.3 is 14.7 Å². The molecule has 1 aliphatic rings. The van der Waals surface area contributed by atoms with Crippen LogP contribution in [0.1, 0.15) is 19.8 Å². The van der Waals surface area contributed by atoms with E-state index in [1.165, 1.54) is 7.11 Å². The number of piperidine rings is 1. The van der Waals surface area contributed by atoms with Crippen molar-refractivity contribution in [2.24, 2.45) is 0 Å². The molecule has 0 aromatic heterocycles. The Bertz CT molecular complexity index is 169. The van der Waals surface area contributed by atoms with Crippen LogP contribution in [0.25, 0.3) is 0 Å². The van der Waals surface area contributed by atoms with Crippen molar-refractivity contribution in [1.82, 2.24) is 4.90 Å². The molecular formula is C8H15NO3. The zero-order valence-electron chi connectivity index (χ0n) is 7.54. The summed E-state index contributed by atoms with van der Waals surface area (Å²) in [5.41, 5.74) is -0.607. The van der Waals surface area contributed by atoms with Gasteiger partial charge in [0.25, 0.3) is 0 Å². The second kappa shape index (κ2) is 3.31. The molecule has 0 aromatic carbocycles. The molecule has 4 heteroatoms. The number of carbonyl (C=O) groups is 1. The van der Waals surface area contributed by atoms with Gasteiger partial charge in [-0.25, -0.2) is 4.79 Å². The van der Waals surface area contributed by atoms with E-state index in [1.807, 2.05) is 0 Å². The monoisotopic (exact) mass is 173 g/mol. The molecular weight excluding hydrogens is 158 g/mol. The highest BCUT2D eigenvalue weighted by molar-refractivity contribution is 5.67. The topological polar surface area (TPSA) is 49.8 Å². The minimum Gasteiger partial charge on any atom is -0.453 e. The van der Waals surface area contributed by atoms with Crippen molar-refractivity contribution in [2.75, 3.05) is 20.2 Å². The molecule has 70 valence electrons. The van der Waals surface area contributed by atoms with E-state index in [0.29, 0.717) is 25.9 Å². The van der Waals surface area contributed by atoms with Crippen molar-refractivity contribution in [1.29, 1.82) is 0 Å². The summed E-state index contributed by atoms with van der Waals surface area (Å²) in [6.07, 6.45) is 0.954. The Hall–Kier alpha value is -0.770. The molecule has 0 atom stereocenters. The third-order valence-electron chi connectivity index (χ3n) is 2.27. The van der Waals surface area contributed by atoms with Crippen molar-refractivity contribution in [3.63, 3.8) is 0 Å². The van der Waals surface area contributed by atoms with E-state index < -0.39 is 5.60 Å². The van der Waals surface area contributed by atoms with Gasteiger partial charge in [0.05, 0.1) is 12.7 Å². The standard InChI is InChI=1S/C8H15NO3/c1-8(11)3-5-9(6-4-8)7(10)12-2/h11H,3-6H2,1-2H3. The lowest BCUT2D eigenvalue weighted by Crippen LogP contribution is -2.45. The predicted octanol–water partition coefficient (Wildman–Crippen LogP) is 0.600. The van der Waals surface area contributed by atoms with E-state index in [2.05, 4.69) is 4.74 Å². The van der Waals surface area contributed by atoms with Crippen molar-refractivity contribution < 1.29 is 14.6 Å². The van der Waals surface area contributed by atoms with E-state index in [1.54, 1.807) is 11.8 Å². The predicted molar refractivity (Wildman–Crippen MR) is 43.8 cm³/mol. The molecule has 4 nitrogen and oxygen atoms in total. The van der Waals surface area contributed by atoms with Crippen LogP contribution in [0.2, 0.25) is 0 Å². The summed E-state index contributed by atoms with van der Waals surface area (Å²) in [6.45, 7) is 2.96. The third-order valence-corrected chi connectivity index (χ3v) is 2.27. The van der Waals surface area contributed by atoms with E-state index in [0.717, 1.165) is 0 Å². The molecule has 1 fully saturated rings. The van der Waals surface area contributed by atoms with Gasteiger partial charge in [0.2, 0.25) is 0 Å². The van der Waals surface area contributed by atoms with Crippen LogP contribution in [0.15, 0.2) is 0 Å². The fourth-order valence-corrected chi connectivity index (χ4v) is 1.30. The number of amides is 1. The number of ether oxygens (including phenoxy) is 1. The van der Waals surface area contributed by atoms with Gasteiger partial charge in [0, 0.05) is 13.1 Å². The van der Waals surface area contributed by atoms with Gasteiger partial charge >= 0.3 is 6.09 Å². The largest absolute Gasteiger partial charge is 0.453 e. The number of nitrogens with zero attached hydrogens (tertiary/aromatic N) is 1. The van der Waals surface area contributed by atoms with Crippen LogP contribution in [-0.4, -0.2) is 41.9 Å². The van der Waals surface area contributed by atoms with Crippen molar-refractivity contribution in [2.45, 2.75) is 25.4 Å². The first kappa shape index (κ1) is 9.32. The van der Waals surface area contributed by atoms with Crippen LogP contribution in [0.5, 0.6) is 0 Å². The zero-order chi connectivity index (χ0) is 9.19. The summed E-state index contributed by atoms with van der Waals surface area (Å²) in [4.78, 5) is 12.6. The maximum atomic E-state index is 11.0. The Morgan fingerprint density at radius 3 is 2.42 bits per heavy atom. The van der Waals surface area contributed by atoms with Gasteiger partial charge in [-0.15, -0.1) is 0 Å². The Morgan fingerprint density at radius 1 is 1.50 bits per heavy atom. The Morgan fingerprint density at radius 2 is 2.00 bits per heavy atom. The van der Waals surface area contributed by atoms with Crippen LogP contribution in [0.4, 0.5) is 4.79 Å². The number of methoxy groups -OCH3 is 1. The van der Waals surface area contributed by atoms with Crippen molar-refractivity contribution in [3.8, 4) is 0 Å². The molecule has 0 unspecified atom stereocenters. The Balaban J connectivity index is 2.41. The number of likely N-dealkylation sites (tertiary alicyclic amines) is 1. The molecule has 1 rings (SSSR count). The summed E-state index contributed by atoms with van der Waals surface area (Å²) in [5.74, 6) is 0. The van der Waals surface area contributed by atoms with Gasteiger partial charge in [-0.05, 0) is 19.8 Å². The highest BCUT2D eigenvalue weighted by Gasteiger charge is 2.29. The summed E-state index contributed by atoms with van der Waals surface area (Å²) >= 11 is 0. The van der Waals surface area contributed by atoms with E-state index in [-0.39, 0.29) is 6.09 Å². The van der Waals surface area contributed by atoms with Gasteiger partial charge in [-0.1, -0.05) is 0 Å². The first-order chi connectivity index (χ1) is 5.55. The maximum absolute atomic E-state index is 11.0. The number of hydrogen-bond donors (Lipinski definition) is 1. The molecule has 0 aromatic rings. The first-order valence-corrected chi connectivity index (χ1v) is 4.10. The van der Waals surface area contributed by atoms with Gasteiger partial charge in [0.15, 0.2) is 0 Å². The molecule has 12 heavy (non-hydrogen) atoms. The minimum absolute atomic E-state index is 0.300. The highest BCUT2D eigenvalue weighted by atomic mass is 16.5. The van der Waals surface area contributed by atoms with Gasteiger partial charge in [0.1, 0.15) is 0 Å².